The lowest BCUT2D eigenvalue weighted by Crippen LogP contribution is -2.31. The summed E-state index contributed by atoms with van der Waals surface area (Å²) in [6.07, 6.45) is 1.68. The van der Waals surface area contributed by atoms with Gasteiger partial charge in [-0.15, -0.1) is 0 Å². The number of hydrogen-bond donors (Lipinski definition) is 4. The van der Waals surface area contributed by atoms with Crippen LogP contribution in [0, 0.1) is 11.3 Å². The summed E-state index contributed by atoms with van der Waals surface area (Å²) in [6, 6.07) is 0.432. The van der Waals surface area contributed by atoms with Crippen LogP contribution in [0.2, 0.25) is 0 Å². The lowest BCUT2D eigenvalue weighted by molar-refractivity contribution is 0.395. The summed E-state index contributed by atoms with van der Waals surface area (Å²) < 4.78 is 0. The molecule has 0 heterocycles. The molecule has 0 aliphatic heterocycles. The minimum Gasteiger partial charge on any atom is -0.495 e. The highest BCUT2D eigenvalue weighted by atomic mass is 16.3. The van der Waals surface area contributed by atoms with Crippen LogP contribution in [0.15, 0.2) is 11.5 Å². The van der Waals surface area contributed by atoms with Crippen molar-refractivity contribution in [3.05, 3.63) is 11.5 Å². The van der Waals surface area contributed by atoms with Gasteiger partial charge in [0.05, 0.1) is 0 Å². The summed E-state index contributed by atoms with van der Waals surface area (Å²) in [5, 5.41) is 19.3. The minimum absolute atomic E-state index is 0.251. The molecular formula is C10H21N3O. The summed E-state index contributed by atoms with van der Waals surface area (Å²) in [5.74, 6) is 0.327. The van der Waals surface area contributed by atoms with E-state index in [0.717, 1.165) is 12.8 Å². The lowest BCUT2D eigenvalue weighted by Gasteiger charge is -2.17. The predicted molar refractivity (Wildman–Crippen MR) is 59.5 cm³/mol. The molecule has 0 aromatic heterocycles. The van der Waals surface area contributed by atoms with Crippen LogP contribution >= 0.6 is 0 Å². The molecule has 1 atom stereocenters. The first-order chi connectivity index (χ1) is 6.49. The van der Waals surface area contributed by atoms with Crippen LogP contribution in [0.4, 0.5) is 0 Å². The third-order valence-corrected chi connectivity index (χ3v) is 2.36. The molecule has 0 aromatic rings. The van der Waals surface area contributed by atoms with Crippen LogP contribution in [-0.4, -0.2) is 23.9 Å². The van der Waals surface area contributed by atoms with Crippen molar-refractivity contribution in [2.24, 2.45) is 11.7 Å². The molecule has 0 aliphatic rings. The molecule has 0 bridgehead atoms. The Morgan fingerprint density at radius 2 is 2.07 bits per heavy atom. The maximum Gasteiger partial charge on any atom is 0.186 e. The standard InChI is InChI=1S/C10H21N3O/c1-7(2)8(3)13-5-4-9(6-11)10(12)14/h6-8,11,13-14H,4-5,12H2,1-3H3/b10-9+,11-6?. The Morgan fingerprint density at radius 1 is 1.50 bits per heavy atom. The number of hydrogen-bond acceptors (Lipinski definition) is 4. The zero-order valence-electron chi connectivity index (χ0n) is 9.17. The molecule has 1 unspecified atom stereocenters. The van der Waals surface area contributed by atoms with Crippen LogP contribution in [0.3, 0.4) is 0 Å². The second kappa shape index (κ2) is 6.43. The van der Waals surface area contributed by atoms with Gasteiger partial charge in [0.15, 0.2) is 5.88 Å². The first-order valence-corrected chi connectivity index (χ1v) is 4.90. The monoisotopic (exact) mass is 199 g/mol. The zero-order chi connectivity index (χ0) is 11.1. The summed E-state index contributed by atoms with van der Waals surface area (Å²) in [4.78, 5) is 0. The average molecular weight is 199 g/mol. The van der Waals surface area contributed by atoms with E-state index in [1.165, 1.54) is 0 Å². The Hall–Kier alpha value is -1.03. The largest absolute Gasteiger partial charge is 0.495 e. The van der Waals surface area contributed by atoms with Crippen molar-refractivity contribution in [2.75, 3.05) is 6.54 Å². The highest BCUT2D eigenvalue weighted by Gasteiger charge is 2.06. The Bertz CT molecular complexity index is 207. The lowest BCUT2D eigenvalue weighted by atomic mass is 10.1. The Kier molecular flexibility index (Phi) is 5.95. The van der Waals surface area contributed by atoms with Crippen molar-refractivity contribution in [2.45, 2.75) is 33.2 Å². The van der Waals surface area contributed by atoms with Gasteiger partial charge in [0.1, 0.15) is 0 Å². The molecule has 0 saturated carbocycles. The maximum absolute atomic E-state index is 8.96. The van der Waals surface area contributed by atoms with E-state index in [-0.39, 0.29) is 5.88 Å². The van der Waals surface area contributed by atoms with Crippen LogP contribution in [-0.2, 0) is 0 Å². The van der Waals surface area contributed by atoms with E-state index in [9.17, 15) is 0 Å². The average Bonchev–Trinajstić information content (AvgIpc) is 2.11. The van der Waals surface area contributed by atoms with E-state index in [0.29, 0.717) is 24.0 Å². The number of nitrogens with one attached hydrogen (secondary N) is 2. The SMILES string of the molecule is CC(C)C(C)NCC/C(C=N)=C(/N)O. The molecule has 5 N–H and O–H groups in total. The number of aliphatic hydroxyl groups excluding tert-OH is 1. The van der Waals surface area contributed by atoms with Gasteiger partial charge in [0.2, 0.25) is 0 Å². The van der Waals surface area contributed by atoms with Crippen molar-refractivity contribution >= 4 is 6.21 Å². The predicted octanol–water partition coefficient (Wildman–Crippen LogP) is 1.39. The van der Waals surface area contributed by atoms with Crippen molar-refractivity contribution in [1.82, 2.24) is 5.32 Å². The number of rotatable bonds is 6. The first-order valence-electron chi connectivity index (χ1n) is 4.90. The molecule has 82 valence electrons. The van der Waals surface area contributed by atoms with Crippen molar-refractivity contribution in [3.8, 4) is 0 Å². The van der Waals surface area contributed by atoms with E-state index in [1.807, 2.05) is 0 Å². The molecular weight excluding hydrogens is 178 g/mol. The molecule has 0 amide bonds. The topological polar surface area (TPSA) is 82.1 Å². The van der Waals surface area contributed by atoms with Gasteiger partial charge in [-0.2, -0.15) is 0 Å². The van der Waals surface area contributed by atoms with E-state index >= 15 is 0 Å². The molecule has 14 heavy (non-hydrogen) atoms. The van der Waals surface area contributed by atoms with Crippen molar-refractivity contribution < 1.29 is 5.11 Å². The minimum atomic E-state index is -0.251. The normalized spacial score (nSPS) is 15.1. The molecule has 4 nitrogen and oxygen atoms in total. The van der Waals surface area contributed by atoms with Gasteiger partial charge in [-0.25, -0.2) is 0 Å². The molecule has 0 radical (unpaired) electrons. The Morgan fingerprint density at radius 3 is 2.43 bits per heavy atom. The highest BCUT2D eigenvalue weighted by Crippen LogP contribution is 2.02. The van der Waals surface area contributed by atoms with Gasteiger partial charge >= 0.3 is 0 Å². The third kappa shape index (κ3) is 4.87. The highest BCUT2D eigenvalue weighted by molar-refractivity contribution is 5.76. The van der Waals surface area contributed by atoms with Gasteiger partial charge in [-0.3, -0.25) is 0 Å². The third-order valence-electron chi connectivity index (χ3n) is 2.36. The second-order valence-electron chi connectivity index (χ2n) is 3.79. The Labute approximate surface area is 85.7 Å². The smallest absolute Gasteiger partial charge is 0.186 e. The van der Waals surface area contributed by atoms with Crippen LogP contribution in [0.5, 0.6) is 0 Å². The van der Waals surface area contributed by atoms with Gasteiger partial charge in [0, 0.05) is 17.8 Å². The fourth-order valence-corrected chi connectivity index (χ4v) is 0.944. The van der Waals surface area contributed by atoms with Gasteiger partial charge < -0.3 is 21.6 Å². The molecule has 0 aliphatic carbocycles. The van der Waals surface area contributed by atoms with Gasteiger partial charge in [-0.05, 0) is 25.8 Å². The Balaban J connectivity index is 3.84. The second-order valence-corrected chi connectivity index (χ2v) is 3.79. The number of aliphatic hydroxyl groups is 1. The molecule has 4 heteroatoms. The quantitative estimate of drug-likeness (QED) is 0.385. The molecule has 0 saturated heterocycles. The summed E-state index contributed by atoms with van der Waals surface area (Å²) in [5.41, 5.74) is 5.66. The molecule has 0 rings (SSSR count). The summed E-state index contributed by atoms with van der Waals surface area (Å²) >= 11 is 0. The number of nitrogens with two attached hydrogens (primary N) is 1. The van der Waals surface area contributed by atoms with Crippen LogP contribution in [0.25, 0.3) is 0 Å². The van der Waals surface area contributed by atoms with E-state index in [2.05, 4.69) is 26.1 Å². The fourth-order valence-electron chi connectivity index (χ4n) is 0.944. The van der Waals surface area contributed by atoms with E-state index in [1.54, 1.807) is 0 Å². The van der Waals surface area contributed by atoms with E-state index in [4.69, 9.17) is 16.2 Å². The van der Waals surface area contributed by atoms with Gasteiger partial charge in [0.25, 0.3) is 0 Å². The van der Waals surface area contributed by atoms with Gasteiger partial charge in [-0.1, -0.05) is 13.8 Å². The fraction of sp³-hybridized carbons (Fsp3) is 0.700. The molecule has 0 spiro atoms. The zero-order valence-corrected chi connectivity index (χ0v) is 9.17. The summed E-state index contributed by atoms with van der Waals surface area (Å²) in [7, 11) is 0. The maximum atomic E-state index is 8.96. The summed E-state index contributed by atoms with van der Waals surface area (Å²) in [6.45, 7) is 7.13. The first kappa shape index (κ1) is 13.0. The van der Waals surface area contributed by atoms with E-state index < -0.39 is 0 Å². The van der Waals surface area contributed by atoms with Crippen molar-refractivity contribution in [1.29, 1.82) is 5.41 Å². The van der Waals surface area contributed by atoms with Crippen LogP contribution < -0.4 is 11.1 Å². The van der Waals surface area contributed by atoms with Crippen LogP contribution in [0.1, 0.15) is 27.2 Å². The molecule has 0 fully saturated rings. The molecule has 0 aromatic carbocycles. The van der Waals surface area contributed by atoms with Crippen molar-refractivity contribution in [3.63, 3.8) is 0 Å².